The summed E-state index contributed by atoms with van der Waals surface area (Å²) in [6.45, 7) is 4.11. The van der Waals surface area contributed by atoms with E-state index in [1.807, 2.05) is 19.1 Å². The SMILES string of the molecule is Cc1ccc(C(=O)N2CCCC2(C)C(=O)O)cc1I. The number of likely N-dealkylation sites (tertiary alicyclic amines) is 1. The summed E-state index contributed by atoms with van der Waals surface area (Å²) in [6.07, 6.45) is 1.24. The molecule has 1 aliphatic rings. The zero-order chi connectivity index (χ0) is 14.2. The van der Waals surface area contributed by atoms with Crippen LogP contribution in [0.3, 0.4) is 0 Å². The summed E-state index contributed by atoms with van der Waals surface area (Å²) in [6, 6.07) is 5.47. The monoisotopic (exact) mass is 373 g/mol. The molecule has 1 atom stereocenters. The highest BCUT2D eigenvalue weighted by Gasteiger charge is 2.46. The second kappa shape index (κ2) is 5.11. The highest BCUT2D eigenvalue weighted by atomic mass is 127. The van der Waals surface area contributed by atoms with Gasteiger partial charge in [-0.05, 0) is 67.0 Å². The number of carbonyl (C=O) groups is 2. The van der Waals surface area contributed by atoms with Crippen molar-refractivity contribution in [2.45, 2.75) is 32.2 Å². The van der Waals surface area contributed by atoms with E-state index in [1.165, 1.54) is 4.90 Å². The van der Waals surface area contributed by atoms with Crippen LogP contribution in [0.1, 0.15) is 35.7 Å². The minimum Gasteiger partial charge on any atom is -0.480 e. The molecule has 0 saturated carbocycles. The second-order valence-corrected chi connectivity index (χ2v) is 6.27. The first-order valence-corrected chi connectivity index (χ1v) is 7.25. The Kier molecular flexibility index (Phi) is 3.85. The van der Waals surface area contributed by atoms with Gasteiger partial charge in [0.15, 0.2) is 0 Å². The number of halogens is 1. The molecule has 0 bridgehead atoms. The van der Waals surface area contributed by atoms with Crippen molar-refractivity contribution in [1.29, 1.82) is 0 Å². The molecular formula is C14H16INO3. The molecule has 4 nitrogen and oxygen atoms in total. The van der Waals surface area contributed by atoms with Crippen LogP contribution in [0.5, 0.6) is 0 Å². The largest absolute Gasteiger partial charge is 0.480 e. The van der Waals surface area contributed by atoms with Crippen molar-refractivity contribution in [2.24, 2.45) is 0 Å². The number of aryl methyl sites for hydroxylation is 1. The molecule has 1 aromatic carbocycles. The van der Waals surface area contributed by atoms with Gasteiger partial charge in [0.2, 0.25) is 0 Å². The summed E-state index contributed by atoms with van der Waals surface area (Å²) in [5.74, 6) is -1.12. The van der Waals surface area contributed by atoms with E-state index in [0.717, 1.165) is 15.6 Å². The summed E-state index contributed by atoms with van der Waals surface area (Å²) in [5.41, 5.74) is 0.594. The minimum absolute atomic E-state index is 0.194. The summed E-state index contributed by atoms with van der Waals surface area (Å²) >= 11 is 2.18. The molecule has 1 saturated heterocycles. The average molecular weight is 373 g/mol. The molecule has 19 heavy (non-hydrogen) atoms. The molecule has 5 heteroatoms. The molecule has 0 radical (unpaired) electrons. The van der Waals surface area contributed by atoms with Crippen molar-refractivity contribution in [1.82, 2.24) is 4.90 Å². The standard InChI is InChI=1S/C14H16INO3/c1-9-4-5-10(8-11(9)15)12(17)16-7-3-6-14(16,2)13(18)19/h4-5,8H,3,6-7H2,1-2H3,(H,18,19). The fraction of sp³-hybridized carbons (Fsp3) is 0.429. The Labute approximate surface area is 125 Å². The Bertz CT molecular complexity index is 543. The number of nitrogens with zero attached hydrogens (tertiary/aromatic N) is 1. The number of aliphatic carboxylic acids is 1. The second-order valence-electron chi connectivity index (χ2n) is 5.10. The molecule has 1 aromatic rings. The van der Waals surface area contributed by atoms with Gasteiger partial charge in [-0.25, -0.2) is 4.79 Å². The van der Waals surface area contributed by atoms with Gasteiger partial charge < -0.3 is 10.0 Å². The molecule has 2 rings (SSSR count). The van der Waals surface area contributed by atoms with Crippen LogP contribution in [0, 0.1) is 10.5 Å². The maximum atomic E-state index is 12.5. The van der Waals surface area contributed by atoms with Crippen LogP contribution in [0.4, 0.5) is 0 Å². The Hall–Kier alpha value is -1.11. The molecule has 0 aliphatic carbocycles. The summed E-state index contributed by atoms with van der Waals surface area (Å²) in [4.78, 5) is 25.4. The van der Waals surface area contributed by atoms with Gasteiger partial charge in [-0.1, -0.05) is 6.07 Å². The highest BCUT2D eigenvalue weighted by molar-refractivity contribution is 14.1. The Morgan fingerprint density at radius 2 is 2.11 bits per heavy atom. The zero-order valence-electron chi connectivity index (χ0n) is 10.9. The van der Waals surface area contributed by atoms with Crippen molar-refractivity contribution >= 4 is 34.5 Å². The van der Waals surface area contributed by atoms with E-state index in [2.05, 4.69) is 22.6 Å². The lowest BCUT2D eigenvalue weighted by Crippen LogP contribution is -2.50. The highest BCUT2D eigenvalue weighted by Crippen LogP contribution is 2.31. The topological polar surface area (TPSA) is 57.6 Å². The van der Waals surface area contributed by atoms with Crippen LogP contribution in [-0.2, 0) is 4.79 Å². The van der Waals surface area contributed by atoms with Gasteiger partial charge in [-0.3, -0.25) is 4.79 Å². The number of hydrogen-bond acceptors (Lipinski definition) is 2. The predicted octanol–water partition coefficient (Wildman–Crippen LogP) is 2.68. The number of amides is 1. The Morgan fingerprint density at radius 3 is 2.68 bits per heavy atom. The van der Waals surface area contributed by atoms with Gasteiger partial charge in [0, 0.05) is 15.7 Å². The smallest absolute Gasteiger partial charge is 0.329 e. The molecule has 1 N–H and O–H groups in total. The fourth-order valence-corrected chi connectivity index (χ4v) is 2.91. The molecule has 0 spiro atoms. The first-order chi connectivity index (χ1) is 8.86. The molecular weight excluding hydrogens is 357 g/mol. The van der Waals surface area contributed by atoms with E-state index < -0.39 is 11.5 Å². The zero-order valence-corrected chi connectivity index (χ0v) is 13.1. The molecule has 102 valence electrons. The first-order valence-electron chi connectivity index (χ1n) is 6.18. The normalized spacial score (nSPS) is 22.6. The summed E-state index contributed by atoms with van der Waals surface area (Å²) in [7, 11) is 0. The minimum atomic E-state index is -1.08. The number of rotatable bonds is 2. The third-order valence-electron chi connectivity index (χ3n) is 3.77. The lowest BCUT2D eigenvalue weighted by atomic mass is 9.98. The van der Waals surface area contributed by atoms with Gasteiger partial charge in [0.05, 0.1) is 0 Å². The number of carbonyl (C=O) groups excluding carboxylic acids is 1. The van der Waals surface area contributed by atoms with Crippen LogP contribution < -0.4 is 0 Å². The van der Waals surface area contributed by atoms with Crippen LogP contribution >= 0.6 is 22.6 Å². The van der Waals surface area contributed by atoms with Crippen LogP contribution in [-0.4, -0.2) is 34.0 Å². The number of carboxylic acids is 1. The molecule has 1 amide bonds. The number of carboxylic acid groups (broad SMARTS) is 1. The summed E-state index contributed by atoms with van der Waals surface area (Å²) in [5, 5.41) is 9.34. The third-order valence-corrected chi connectivity index (χ3v) is 4.93. The maximum absolute atomic E-state index is 12.5. The van der Waals surface area contributed by atoms with E-state index >= 15 is 0 Å². The fourth-order valence-electron chi connectivity index (χ4n) is 2.39. The van der Waals surface area contributed by atoms with Crippen LogP contribution in [0.2, 0.25) is 0 Å². The van der Waals surface area contributed by atoms with Crippen molar-refractivity contribution in [3.8, 4) is 0 Å². The Balaban J connectivity index is 2.33. The molecule has 1 heterocycles. The van der Waals surface area contributed by atoms with Gasteiger partial charge in [0.1, 0.15) is 5.54 Å². The van der Waals surface area contributed by atoms with Gasteiger partial charge >= 0.3 is 5.97 Å². The van der Waals surface area contributed by atoms with Crippen molar-refractivity contribution in [2.75, 3.05) is 6.54 Å². The van der Waals surface area contributed by atoms with E-state index in [9.17, 15) is 14.7 Å². The van der Waals surface area contributed by atoms with E-state index in [1.54, 1.807) is 13.0 Å². The lowest BCUT2D eigenvalue weighted by molar-refractivity contribution is -0.147. The van der Waals surface area contributed by atoms with E-state index in [4.69, 9.17) is 0 Å². The van der Waals surface area contributed by atoms with Gasteiger partial charge in [-0.15, -0.1) is 0 Å². The summed E-state index contributed by atoms with van der Waals surface area (Å²) < 4.78 is 1.01. The maximum Gasteiger partial charge on any atom is 0.329 e. The van der Waals surface area contributed by atoms with Crippen molar-refractivity contribution in [3.63, 3.8) is 0 Å². The lowest BCUT2D eigenvalue weighted by Gasteiger charge is -2.31. The predicted molar refractivity (Wildman–Crippen MR) is 80.2 cm³/mol. The Morgan fingerprint density at radius 1 is 1.42 bits per heavy atom. The van der Waals surface area contributed by atoms with Crippen molar-refractivity contribution in [3.05, 3.63) is 32.9 Å². The van der Waals surface area contributed by atoms with Crippen molar-refractivity contribution < 1.29 is 14.7 Å². The average Bonchev–Trinajstić information content (AvgIpc) is 2.75. The van der Waals surface area contributed by atoms with Crippen LogP contribution in [0.25, 0.3) is 0 Å². The first kappa shape index (κ1) is 14.3. The molecule has 0 aromatic heterocycles. The van der Waals surface area contributed by atoms with Gasteiger partial charge in [-0.2, -0.15) is 0 Å². The van der Waals surface area contributed by atoms with E-state index in [-0.39, 0.29) is 5.91 Å². The van der Waals surface area contributed by atoms with Crippen LogP contribution in [0.15, 0.2) is 18.2 Å². The molecule has 1 fully saturated rings. The third kappa shape index (κ3) is 2.48. The molecule has 1 unspecified atom stereocenters. The molecule has 1 aliphatic heterocycles. The van der Waals surface area contributed by atoms with E-state index in [0.29, 0.717) is 18.5 Å². The number of hydrogen-bond donors (Lipinski definition) is 1. The quantitative estimate of drug-likeness (QED) is 0.812. The van der Waals surface area contributed by atoms with Gasteiger partial charge in [0.25, 0.3) is 5.91 Å². The number of benzene rings is 1.